The first kappa shape index (κ1) is 31.2. The minimum Gasteiger partial charge on any atom is -0.406 e. The summed E-state index contributed by atoms with van der Waals surface area (Å²) in [5, 5.41) is 9.82. The van der Waals surface area contributed by atoms with Gasteiger partial charge in [-0.25, -0.2) is 9.67 Å². The summed E-state index contributed by atoms with van der Waals surface area (Å²) in [5.41, 5.74) is 8.61. The van der Waals surface area contributed by atoms with E-state index in [1.807, 2.05) is 24.3 Å². The molecule has 5 rings (SSSR count). The number of nitrogens with one attached hydrogen (secondary N) is 1. The monoisotopic (exact) mass is 637 g/mol. The van der Waals surface area contributed by atoms with E-state index >= 15 is 0 Å². The van der Waals surface area contributed by atoms with Crippen LogP contribution in [-0.4, -0.2) is 49.4 Å². The summed E-state index contributed by atoms with van der Waals surface area (Å²) in [6.45, 7) is 8.67. The Balaban J connectivity index is 1.21. The molecular weight excluding hydrogens is 608 g/mol. The zero-order chi connectivity index (χ0) is 31.4. The first-order chi connectivity index (χ1) is 21.0. The molecule has 1 N–H and O–H groups in total. The van der Waals surface area contributed by atoms with Gasteiger partial charge in [0, 0.05) is 23.0 Å². The molecule has 3 aromatic carbocycles. The summed E-state index contributed by atoms with van der Waals surface area (Å²) in [4.78, 5) is 11.3. The Morgan fingerprint density at radius 1 is 1.11 bits per heavy atom. The quantitative estimate of drug-likeness (QED) is 0.128. The molecule has 8 nitrogen and oxygen atoms in total. The number of alkyl halides is 3. The Morgan fingerprint density at radius 3 is 2.52 bits per heavy atom. The van der Waals surface area contributed by atoms with Crippen molar-refractivity contribution in [1.29, 1.82) is 0 Å². The molecule has 13 heteroatoms. The number of hydrogen-bond acceptors (Lipinski definition) is 6. The molecule has 1 fully saturated rings. The topological polar surface area (TPSA) is 79.9 Å². The molecule has 1 aliphatic rings. The maximum absolute atomic E-state index is 12.4. The Labute approximate surface area is 263 Å². The molecule has 1 aliphatic heterocycles. The predicted molar refractivity (Wildman–Crippen MR) is 174 cm³/mol. The number of ether oxygens (including phenoxy) is 1. The number of rotatable bonds is 7. The van der Waals surface area contributed by atoms with E-state index in [1.54, 1.807) is 18.0 Å². The SMILES string of the molecule is Cc1ccc(C(C)C)c(N2C(=NC(=S)N/N=C/c3ccc(-c4ncn(-c5ccc(OC(F)(F)F)cc5)n4)cc3)SCC2C)c1. The Hall–Kier alpha value is -4.23. The van der Waals surface area contributed by atoms with Gasteiger partial charge < -0.3 is 9.64 Å². The van der Waals surface area contributed by atoms with Crippen molar-refractivity contribution in [3.8, 4) is 22.8 Å². The van der Waals surface area contributed by atoms with Crippen molar-refractivity contribution in [3.63, 3.8) is 0 Å². The lowest BCUT2D eigenvalue weighted by Gasteiger charge is -2.27. The fourth-order valence-electron chi connectivity index (χ4n) is 4.62. The van der Waals surface area contributed by atoms with E-state index in [0.717, 1.165) is 27.7 Å². The third kappa shape index (κ3) is 7.64. The lowest BCUT2D eigenvalue weighted by molar-refractivity contribution is -0.274. The van der Waals surface area contributed by atoms with E-state index in [0.29, 0.717) is 17.4 Å². The molecule has 228 valence electrons. The van der Waals surface area contributed by atoms with Crippen molar-refractivity contribution in [1.82, 2.24) is 20.2 Å². The number of aliphatic imine (C=N–C) groups is 1. The normalized spacial score (nSPS) is 16.3. The van der Waals surface area contributed by atoms with Crippen molar-refractivity contribution < 1.29 is 17.9 Å². The van der Waals surface area contributed by atoms with Crippen molar-refractivity contribution in [2.45, 2.75) is 46.0 Å². The highest BCUT2D eigenvalue weighted by molar-refractivity contribution is 8.14. The van der Waals surface area contributed by atoms with Gasteiger partial charge in [0.25, 0.3) is 0 Å². The maximum Gasteiger partial charge on any atom is 0.573 e. The highest BCUT2D eigenvalue weighted by Gasteiger charge is 2.31. The highest BCUT2D eigenvalue weighted by Crippen LogP contribution is 2.36. The van der Waals surface area contributed by atoms with Crippen molar-refractivity contribution in [2.24, 2.45) is 10.1 Å². The van der Waals surface area contributed by atoms with Crippen LogP contribution in [0.3, 0.4) is 0 Å². The summed E-state index contributed by atoms with van der Waals surface area (Å²) >= 11 is 7.16. The summed E-state index contributed by atoms with van der Waals surface area (Å²) in [6, 6.07) is 19.6. The smallest absolute Gasteiger partial charge is 0.406 e. The van der Waals surface area contributed by atoms with Gasteiger partial charge in [-0.1, -0.05) is 62.0 Å². The fourth-order valence-corrected chi connectivity index (χ4v) is 5.93. The van der Waals surface area contributed by atoms with Crippen LogP contribution in [0.25, 0.3) is 17.1 Å². The second-order valence-corrected chi connectivity index (χ2v) is 11.9. The summed E-state index contributed by atoms with van der Waals surface area (Å²) in [6.07, 6.45) is -1.61. The maximum atomic E-state index is 12.4. The number of aryl methyl sites for hydroxylation is 1. The number of benzene rings is 3. The lowest BCUT2D eigenvalue weighted by atomic mass is 9.98. The first-order valence-electron chi connectivity index (χ1n) is 13.8. The first-order valence-corrected chi connectivity index (χ1v) is 15.2. The van der Waals surface area contributed by atoms with Crippen LogP contribution in [0.1, 0.15) is 43.4 Å². The van der Waals surface area contributed by atoms with Crippen LogP contribution in [0.4, 0.5) is 18.9 Å². The average molecular weight is 638 g/mol. The molecule has 1 aromatic heterocycles. The van der Waals surface area contributed by atoms with Gasteiger partial charge in [-0.05, 0) is 79.0 Å². The summed E-state index contributed by atoms with van der Waals surface area (Å²) < 4.78 is 42.6. The van der Waals surface area contributed by atoms with E-state index in [-0.39, 0.29) is 16.9 Å². The molecule has 4 aromatic rings. The summed E-state index contributed by atoms with van der Waals surface area (Å²) in [5.74, 6) is 1.44. The number of amidine groups is 1. The van der Waals surface area contributed by atoms with E-state index in [1.165, 1.54) is 46.4 Å². The number of nitrogens with zero attached hydrogens (tertiary/aromatic N) is 6. The van der Waals surface area contributed by atoms with Crippen LogP contribution in [0, 0.1) is 6.92 Å². The number of thioether (sulfide) groups is 1. The van der Waals surface area contributed by atoms with Gasteiger partial charge in [0.2, 0.25) is 5.11 Å². The highest BCUT2D eigenvalue weighted by atomic mass is 32.2. The predicted octanol–water partition coefficient (Wildman–Crippen LogP) is 7.47. The zero-order valence-electron chi connectivity index (χ0n) is 24.4. The molecule has 1 atom stereocenters. The van der Waals surface area contributed by atoms with Crippen LogP contribution in [-0.2, 0) is 0 Å². The molecule has 2 heterocycles. The average Bonchev–Trinajstić information content (AvgIpc) is 3.60. The third-order valence-corrected chi connectivity index (χ3v) is 8.11. The molecular formula is C31H30F3N7OS2. The van der Waals surface area contributed by atoms with Crippen molar-refractivity contribution >= 4 is 46.2 Å². The van der Waals surface area contributed by atoms with E-state index in [9.17, 15) is 13.2 Å². The van der Waals surface area contributed by atoms with Gasteiger partial charge >= 0.3 is 6.36 Å². The number of halogens is 3. The molecule has 0 amide bonds. The molecule has 0 aliphatic carbocycles. The van der Waals surface area contributed by atoms with E-state index < -0.39 is 6.36 Å². The number of anilines is 1. The van der Waals surface area contributed by atoms with Crippen molar-refractivity contribution in [3.05, 3.63) is 89.7 Å². The lowest BCUT2D eigenvalue weighted by Crippen LogP contribution is -2.33. The van der Waals surface area contributed by atoms with Gasteiger partial charge in [0.05, 0.1) is 11.9 Å². The van der Waals surface area contributed by atoms with Crippen LogP contribution in [0.5, 0.6) is 5.75 Å². The van der Waals surface area contributed by atoms with Crippen molar-refractivity contribution in [2.75, 3.05) is 10.7 Å². The second-order valence-electron chi connectivity index (χ2n) is 10.5. The zero-order valence-corrected chi connectivity index (χ0v) is 26.0. The minimum absolute atomic E-state index is 0.269. The number of aromatic nitrogens is 3. The van der Waals surface area contributed by atoms with Gasteiger partial charge in [0.1, 0.15) is 12.1 Å². The molecule has 0 saturated carbocycles. The van der Waals surface area contributed by atoms with E-state index in [4.69, 9.17) is 12.2 Å². The largest absolute Gasteiger partial charge is 0.573 e. The van der Waals surface area contributed by atoms with Gasteiger partial charge in [0.15, 0.2) is 11.0 Å². The molecule has 1 saturated heterocycles. The van der Waals surface area contributed by atoms with Gasteiger partial charge in [-0.2, -0.15) is 10.1 Å². The molecule has 44 heavy (non-hydrogen) atoms. The van der Waals surface area contributed by atoms with Crippen LogP contribution >= 0.6 is 24.0 Å². The van der Waals surface area contributed by atoms with E-state index in [2.05, 4.69) is 81.1 Å². The van der Waals surface area contributed by atoms with Gasteiger partial charge in [-0.3, -0.25) is 5.43 Å². The standard InChI is InChI=1S/C31H30F3N7OS2/c1-19(2)26-14-5-20(3)15-27(26)41-21(4)17-44-30(41)37-29(43)38-36-16-22-6-8-23(9-7-22)28-35-18-40(39-28)24-10-12-25(13-11-24)42-31(32,33)34/h5-16,18-19,21H,17H2,1-4H3,(H,38,43)/b36-16+,37-30?. The Morgan fingerprint density at radius 2 is 1.84 bits per heavy atom. The molecule has 0 bridgehead atoms. The third-order valence-electron chi connectivity index (χ3n) is 6.73. The fraction of sp³-hybridized carbons (Fsp3) is 0.258. The Bertz CT molecular complexity index is 1680. The van der Waals surface area contributed by atoms with Crippen LogP contribution in [0.15, 0.2) is 83.2 Å². The summed E-state index contributed by atoms with van der Waals surface area (Å²) in [7, 11) is 0. The molecule has 1 unspecified atom stereocenters. The number of thiocarbonyl (C=S) groups is 1. The second kappa shape index (κ2) is 13.2. The number of hydrazone groups is 1. The molecule has 0 spiro atoms. The minimum atomic E-state index is -4.75. The van der Waals surface area contributed by atoms with Crippen LogP contribution < -0.4 is 15.1 Å². The molecule has 0 radical (unpaired) electrons. The number of hydrogen-bond donors (Lipinski definition) is 1. The van der Waals surface area contributed by atoms with Gasteiger partial charge in [-0.15, -0.1) is 18.3 Å². The Kier molecular flexibility index (Phi) is 9.35. The van der Waals surface area contributed by atoms with Crippen LogP contribution in [0.2, 0.25) is 0 Å².